The molecule has 0 amide bonds. The summed E-state index contributed by atoms with van der Waals surface area (Å²) in [5, 5.41) is 3.28. The molecule has 0 aliphatic rings. The van der Waals surface area contributed by atoms with Gasteiger partial charge >= 0.3 is 0 Å². The molecule has 0 radical (unpaired) electrons. The Balaban J connectivity index is 3.29. The Kier molecular flexibility index (Phi) is 5.16. The molecule has 11 heavy (non-hydrogen) atoms. The maximum absolute atomic E-state index is 5.23. The lowest BCUT2D eigenvalue weighted by atomic mass is 10.1. The molecular formula is C9H19NO. The summed E-state index contributed by atoms with van der Waals surface area (Å²) in [6.45, 7) is 9.64. The molecule has 0 aromatic heterocycles. The topological polar surface area (TPSA) is 21.3 Å². The number of hydrogen-bond acceptors (Lipinski definition) is 2. The second-order valence-electron chi connectivity index (χ2n) is 3.22. The van der Waals surface area contributed by atoms with Crippen LogP contribution in [0.2, 0.25) is 0 Å². The van der Waals surface area contributed by atoms with E-state index < -0.39 is 0 Å². The highest BCUT2D eigenvalue weighted by Crippen LogP contribution is 2.04. The zero-order chi connectivity index (χ0) is 8.74. The maximum Gasteiger partial charge on any atom is 0.0746 e. The Morgan fingerprint density at radius 2 is 2.18 bits per heavy atom. The van der Waals surface area contributed by atoms with Crippen LogP contribution in [0.5, 0.6) is 0 Å². The van der Waals surface area contributed by atoms with E-state index in [0.717, 1.165) is 19.5 Å². The number of rotatable bonds is 6. The molecule has 0 saturated heterocycles. The van der Waals surface area contributed by atoms with Gasteiger partial charge in [-0.2, -0.15) is 0 Å². The maximum atomic E-state index is 5.23. The predicted octanol–water partition coefficient (Wildman–Crippen LogP) is 1.58. The van der Waals surface area contributed by atoms with Crippen molar-refractivity contribution < 1.29 is 4.74 Å². The molecule has 0 unspecified atom stereocenters. The Hall–Kier alpha value is -0.340. The molecule has 0 bridgehead atoms. The Morgan fingerprint density at radius 1 is 1.55 bits per heavy atom. The van der Waals surface area contributed by atoms with E-state index in [4.69, 9.17) is 4.74 Å². The highest BCUT2D eigenvalue weighted by Gasteiger charge is 2.14. The number of nitrogens with one attached hydrogen (secondary N) is 1. The van der Waals surface area contributed by atoms with Gasteiger partial charge in [0.25, 0.3) is 0 Å². The van der Waals surface area contributed by atoms with Gasteiger partial charge in [0.1, 0.15) is 0 Å². The van der Waals surface area contributed by atoms with Crippen LogP contribution in [0.4, 0.5) is 0 Å². The molecule has 0 spiro atoms. The summed E-state index contributed by atoms with van der Waals surface area (Å²) in [5.74, 6) is 0. The third-order valence-corrected chi connectivity index (χ3v) is 1.63. The number of methoxy groups -OCH3 is 1. The third-order valence-electron chi connectivity index (χ3n) is 1.63. The quantitative estimate of drug-likeness (QED) is 0.467. The molecule has 2 nitrogen and oxygen atoms in total. The van der Waals surface area contributed by atoms with E-state index >= 15 is 0 Å². The highest BCUT2D eigenvalue weighted by atomic mass is 16.5. The first-order chi connectivity index (χ1) is 5.12. The smallest absolute Gasteiger partial charge is 0.0746 e. The van der Waals surface area contributed by atoms with E-state index in [-0.39, 0.29) is 5.60 Å². The fourth-order valence-corrected chi connectivity index (χ4v) is 0.666. The molecule has 2 heteroatoms. The van der Waals surface area contributed by atoms with Crippen molar-refractivity contribution in [3.05, 3.63) is 12.7 Å². The van der Waals surface area contributed by atoms with Crippen molar-refractivity contribution in [1.82, 2.24) is 5.32 Å². The first kappa shape index (κ1) is 10.7. The van der Waals surface area contributed by atoms with Crippen molar-refractivity contribution >= 4 is 0 Å². The zero-order valence-corrected chi connectivity index (χ0v) is 7.81. The van der Waals surface area contributed by atoms with Crippen LogP contribution < -0.4 is 5.32 Å². The van der Waals surface area contributed by atoms with Crippen LogP contribution in [-0.4, -0.2) is 25.8 Å². The summed E-state index contributed by atoms with van der Waals surface area (Å²) in [6, 6.07) is 0. The van der Waals surface area contributed by atoms with Crippen molar-refractivity contribution in [2.45, 2.75) is 25.9 Å². The molecule has 0 atom stereocenters. The zero-order valence-electron chi connectivity index (χ0n) is 7.81. The lowest BCUT2D eigenvalue weighted by Crippen LogP contribution is -2.36. The van der Waals surface area contributed by atoms with Crippen molar-refractivity contribution in [3.8, 4) is 0 Å². The van der Waals surface area contributed by atoms with Gasteiger partial charge in [0, 0.05) is 13.7 Å². The predicted molar refractivity (Wildman–Crippen MR) is 48.8 cm³/mol. The van der Waals surface area contributed by atoms with Crippen molar-refractivity contribution in [1.29, 1.82) is 0 Å². The van der Waals surface area contributed by atoms with Crippen LogP contribution in [0.1, 0.15) is 20.3 Å². The van der Waals surface area contributed by atoms with E-state index in [1.54, 1.807) is 7.11 Å². The second kappa shape index (κ2) is 5.33. The van der Waals surface area contributed by atoms with Gasteiger partial charge in [-0.05, 0) is 26.8 Å². The average molecular weight is 157 g/mol. The van der Waals surface area contributed by atoms with Crippen LogP contribution in [-0.2, 0) is 4.74 Å². The van der Waals surface area contributed by atoms with E-state index in [1.165, 1.54) is 0 Å². The lowest BCUT2D eigenvalue weighted by Gasteiger charge is -2.22. The molecule has 0 rings (SSSR count). The first-order valence-electron chi connectivity index (χ1n) is 3.99. The Labute approximate surface area is 69.6 Å². The minimum absolute atomic E-state index is 0.0544. The van der Waals surface area contributed by atoms with Gasteiger partial charge in [-0.15, -0.1) is 6.58 Å². The minimum Gasteiger partial charge on any atom is -0.377 e. The monoisotopic (exact) mass is 157 g/mol. The van der Waals surface area contributed by atoms with E-state index in [2.05, 4.69) is 25.7 Å². The molecule has 0 aromatic carbocycles. The average Bonchev–Trinajstić information content (AvgIpc) is 1.99. The molecule has 66 valence electrons. The van der Waals surface area contributed by atoms with Gasteiger partial charge in [0.15, 0.2) is 0 Å². The van der Waals surface area contributed by atoms with Crippen molar-refractivity contribution in [2.24, 2.45) is 0 Å². The SMILES string of the molecule is C=CCCNCC(C)(C)OC. The van der Waals surface area contributed by atoms with Crippen LogP contribution >= 0.6 is 0 Å². The van der Waals surface area contributed by atoms with E-state index in [1.807, 2.05) is 6.08 Å². The summed E-state index contributed by atoms with van der Waals surface area (Å²) in [6.07, 6.45) is 2.92. The highest BCUT2D eigenvalue weighted by molar-refractivity contribution is 4.73. The largest absolute Gasteiger partial charge is 0.377 e. The van der Waals surface area contributed by atoms with Gasteiger partial charge < -0.3 is 10.1 Å². The van der Waals surface area contributed by atoms with Crippen LogP contribution in [0.3, 0.4) is 0 Å². The summed E-state index contributed by atoms with van der Waals surface area (Å²) in [5.41, 5.74) is -0.0544. The lowest BCUT2D eigenvalue weighted by molar-refractivity contribution is 0.0236. The minimum atomic E-state index is -0.0544. The summed E-state index contributed by atoms with van der Waals surface area (Å²) >= 11 is 0. The van der Waals surface area contributed by atoms with E-state index in [9.17, 15) is 0 Å². The molecule has 0 aromatic rings. The fraction of sp³-hybridized carbons (Fsp3) is 0.778. The standard InChI is InChI=1S/C9H19NO/c1-5-6-7-10-8-9(2,3)11-4/h5,10H,1,6-8H2,2-4H3. The molecule has 0 heterocycles. The summed E-state index contributed by atoms with van der Waals surface area (Å²) < 4.78 is 5.23. The van der Waals surface area contributed by atoms with Crippen LogP contribution in [0, 0.1) is 0 Å². The Bertz CT molecular complexity index is 110. The summed E-state index contributed by atoms with van der Waals surface area (Å²) in [7, 11) is 1.73. The molecule has 1 N–H and O–H groups in total. The van der Waals surface area contributed by atoms with Gasteiger partial charge in [0.05, 0.1) is 5.60 Å². The molecule has 0 aliphatic heterocycles. The second-order valence-corrected chi connectivity index (χ2v) is 3.22. The van der Waals surface area contributed by atoms with Gasteiger partial charge in [0.2, 0.25) is 0 Å². The van der Waals surface area contributed by atoms with Gasteiger partial charge in [-0.25, -0.2) is 0 Å². The van der Waals surface area contributed by atoms with Crippen molar-refractivity contribution in [2.75, 3.05) is 20.2 Å². The van der Waals surface area contributed by atoms with Gasteiger partial charge in [-0.3, -0.25) is 0 Å². The normalized spacial score (nSPS) is 11.5. The molecule has 0 fully saturated rings. The van der Waals surface area contributed by atoms with Crippen LogP contribution in [0.15, 0.2) is 12.7 Å². The molecule has 0 saturated carbocycles. The molecule has 0 aliphatic carbocycles. The third kappa shape index (κ3) is 6.07. The van der Waals surface area contributed by atoms with Gasteiger partial charge in [-0.1, -0.05) is 6.08 Å². The van der Waals surface area contributed by atoms with E-state index in [0.29, 0.717) is 0 Å². The summed E-state index contributed by atoms with van der Waals surface area (Å²) in [4.78, 5) is 0. The molecular weight excluding hydrogens is 138 g/mol. The first-order valence-corrected chi connectivity index (χ1v) is 3.99. The number of ether oxygens (including phenoxy) is 1. The number of hydrogen-bond donors (Lipinski definition) is 1. The van der Waals surface area contributed by atoms with Crippen molar-refractivity contribution in [3.63, 3.8) is 0 Å². The van der Waals surface area contributed by atoms with Crippen LogP contribution in [0.25, 0.3) is 0 Å². The fourth-order valence-electron chi connectivity index (χ4n) is 0.666. The Morgan fingerprint density at radius 3 is 2.64 bits per heavy atom.